The molecule has 1 aliphatic carbocycles. The van der Waals surface area contributed by atoms with E-state index in [1.807, 2.05) is 17.0 Å². The Morgan fingerprint density at radius 2 is 1.79 bits per heavy atom. The maximum atomic E-state index is 12.9. The Hall–Kier alpha value is -3.22. The minimum atomic E-state index is -0.770. The van der Waals surface area contributed by atoms with Crippen molar-refractivity contribution < 1.29 is 18.8 Å². The van der Waals surface area contributed by atoms with Crippen molar-refractivity contribution in [2.45, 2.75) is 32.2 Å². The molecule has 0 radical (unpaired) electrons. The number of benzene rings is 2. The van der Waals surface area contributed by atoms with Gasteiger partial charge < -0.3 is 15.5 Å². The number of halogens is 1. The summed E-state index contributed by atoms with van der Waals surface area (Å²) in [5.74, 6) is -1.55. The zero-order valence-corrected chi connectivity index (χ0v) is 15.9. The van der Waals surface area contributed by atoms with Crippen molar-refractivity contribution in [3.05, 3.63) is 59.4 Å². The third kappa shape index (κ3) is 4.45. The number of carbonyl (C=O) groups excluding carboxylic acids is 3. The minimum Gasteiger partial charge on any atom is -0.344 e. The molecule has 2 aliphatic rings. The first-order chi connectivity index (χ1) is 14.0. The van der Waals surface area contributed by atoms with Crippen molar-refractivity contribution in [3.63, 3.8) is 0 Å². The number of nitrogens with zero attached hydrogens (tertiary/aromatic N) is 1. The average Bonchev–Trinajstić information content (AvgIpc) is 3.57. The highest BCUT2D eigenvalue weighted by molar-refractivity contribution is 6.39. The molecule has 6 nitrogen and oxygen atoms in total. The van der Waals surface area contributed by atoms with Crippen LogP contribution < -0.4 is 15.5 Å². The Bertz CT molecular complexity index is 954. The second-order valence-electron chi connectivity index (χ2n) is 7.47. The van der Waals surface area contributed by atoms with Crippen LogP contribution >= 0.6 is 0 Å². The number of carbonyl (C=O) groups is 3. The van der Waals surface area contributed by atoms with Gasteiger partial charge in [-0.3, -0.25) is 14.4 Å². The second-order valence-corrected chi connectivity index (χ2v) is 7.47. The van der Waals surface area contributed by atoms with Crippen LogP contribution in [0.2, 0.25) is 0 Å². The number of amides is 3. The van der Waals surface area contributed by atoms with E-state index in [9.17, 15) is 18.8 Å². The average molecular weight is 395 g/mol. The molecule has 2 N–H and O–H groups in total. The summed E-state index contributed by atoms with van der Waals surface area (Å²) in [6.45, 7) is 0.856. The first-order valence-corrected chi connectivity index (χ1v) is 9.79. The maximum Gasteiger partial charge on any atom is 0.313 e. The predicted octanol–water partition coefficient (Wildman–Crippen LogP) is 2.77. The largest absolute Gasteiger partial charge is 0.344 e. The molecule has 1 heterocycles. The highest BCUT2D eigenvalue weighted by Gasteiger charge is 2.35. The van der Waals surface area contributed by atoms with E-state index in [0.29, 0.717) is 11.3 Å². The smallest absolute Gasteiger partial charge is 0.313 e. The maximum absolute atomic E-state index is 12.9. The molecular weight excluding hydrogens is 373 g/mol. The number of nitrogens with one attached hydrogen (secondary N) is 2. The van der Waals surface area contributed by atoms with Gasteiger partial charge in [-0.25, -0.2) is 4.39 Å². The van der Waals surface area contributed by atoms with Crippen LogP contribution in [0.4, 0.5) is 15.8 Å². The van der Waals surface area contributed by atoms with Crippen molar-refractivity contribution in [1.29, 1.82) is 0 Å². The molecule has 0 atom stereocenters. The van der Waals surface area contributed by atoms with Gasteiger partial charge in [0.15, 0.2) is 0 Å². The number of hydrogen-bond acceptors (Lipinski definition) is 3. The summed E-state index contributed by atoms with van der Waals surface area (Å²) in [6, 6.07) is 11.1. The molecule has 0 aromatic heterocycles. The standard InChI is InChI=1S/C22H22FN3O3/c23-17-7-3-14(4-8-17)13-24-20(27)21(28)25-18-9-10-19-16(12-18)2-1-11-26(19)22(29)15-5-6-15/h3-4,7-10,12,15H,1-2,5-6,11,13H2,(H,24,27)(H,25,28). The fourth-order valence-electron chi connectivity index (χ4n) is 3.51. The lowest BCUT2D eigenvalue weighted by atomic mass is 10.0. The van der Waals surface area contributed by atoms with Gasteiger partial charge in [0.05, 0.1) is 0 Å². The third-order valence-electron chi connectivity index (χ3n) is 5.22. The molecule has 29 heavy (non-hydrogen) atoms. The van der Waals surface area contributed by atoms with Crippen LogP contribution in [0.25, 0.3) is 0 Å². The molecule has 3 amide bonds. The molecule has 2 aromatic carbocycles. The molecule has 0 unspecified atom stereocenters. The quantitative estimate of drug-likeness (QED) is 0.782. The predicted molar refractivity (Wildman–Crippen MR) is 107 cm³/mol. The Labute approximate surface area is 168 Å². The molecule has 150 valence electrons. The van der Waals surface area contributed by atoms with Crippen LogP contribution in [0.5, 0.6) is 0 Å². The van der Waals surface area contributed by atoms with E-state index in [4.69, 9.17) is 0 Å². The van der Waals surface area contributed by atoms with Gasteiger partial charge in [0.25, 0.3) is 0 Å². The monoisotopic (exact) mass is 395 g/mol. The summed E-state index contributed by atoms with van der Waals surface area (Å²) in [7, 11) is 0. The zero-order valence-electron chi connectivity index (χ0n) is 15.9. The van der Waals surface area contributed by atoms with Crippen LogP contribution in [0.3, 0.4) is 0 Å². The van der Waals surface area contributed by atoms with E-state index >= 15 is 0 Å². The van der Waals surface area contributed by atoms with Crippen LogP contribution in [0, 0.1) is 11.7 Å². The fraction of sp³-hybridized carbons (Fsp3) is 0.318. The Morgan fingerprint density at radius 1 is 1.03 bits per heavy atom. The van der Waals surface area contributed by atoms with E-state index < -0.39 is 11.8 Å². The van der Waals surface area contributed by atoms with Gasteiger partial charge in [-0.2, -0.15) is 0 Å². The van der Waals surface area contributed by atoms with Crippen molar-refractivity contribution >= 4 is 29.1 Å². The second kappa shape index (κ2) is 8.03. The number of aryl methyl sites for hydroxylation is 1. The van der Waals surface area contributed by atoms with E-state index in [2.05, 4.69) is 10.6 Å². The summed E-state index contributed by atoms with van der Waals surface area (Å²) >= 11 is 0. The summed E-state index contributed by atoms with van der Waals surface area (Å²) in [5, 5.41) is 5.12. The van der Waals surface area contributed by atoms with Gasteiger partial charge in [-0.1, -0.05) is 12.1 Å². The number of hydrogen-bond donors (Lipinski definition) is 2. The number of anilines is 2. The molecule has 2 aromatic rings. The topological polar surface area (TPSA) is 78.5 Å². The molecule has 1 aliphatic heterocycles. The normalized spacial score (nSPS) is 15.4. The van der Waals surface area contributed by atoms with Crippen molar-refractivity contribution in [1.82, 2.24) is 5.32 Å². The van der Waals surface area contributed by atoms with Crippen LogP contribution in [-0.4, -0.2) is 24.3 Å². The van der Waals surface area contributed by atoms with E-state index in [-0.39, 0.29) is 24.2 Å². The van der Waals surface area contributed by atoms with Gasteiger partial charge in [-0.05, 0) is 67.1 Å². The molecule has 7 heteroatoms. The van der Waals surface area contributed by atoms with E-state index in [1.165, 1.54) is 12.1 Å². The third-order valence-corrected chi connectivity index (χ3v) is 5.22. The molecule has 0 spiro atoms. The van der Waals surface area contributed by atoms with Crippen molar-refractivity contribution in [2.24, 2.45) is 5.92 Å². The summed E-state index contributed by atoms with van der Waals surface area (Å²) in [4.78, 5) is 38.5. The zero-order chi connectivity index (χ0) is 20.4. The van der Waals surface area contributed by atoms with Gasteiger partial charge in [0.1, 0.15) is 5.82 Å². The Kier molecular flexibility index (Phi) is 5.29. The lowest BCUT2D eigenvalue weighted by Gasteiger charge is -2.30. The molecule has 4 rings (SSSR count). The van der Waals surface area contributed by atoms with Crippen LogP contribution in [0.1, 0.15) is 30.4 Å². The molecule has 1 saturated carbocycles. The van der Waals surface area contributed by atoms with Gasteiger partial charge >= 0.3 is 11.8 Å². The SMILES string of the molecule is O=C(NCc1ccc(F)cc1)C(=O)Nc1ccc2c(c1)CCCN2C(=O)C1CC1. The highest BCUT2D eigenvalue weighted by Crippen LogP contribution is 2.36. The molecule has 1 fully saturated rings. The van der Waals surface area contributed by atoms with Gasteiger partial charge in [-0.15, -0.1) is 0 Å². The molecular formula is C22H22FN3O3. The lowest BCUT2D eigenvalue weighted by Crippen LogP contribution is -2.37. The van der Waals surface area contributed by atoms with Gasteiger partial charge in [0.2, 0.25) is 5.91 Å². The summed E-state index contributed by atoms with van der Waals surface area (Å²) < 4.78 is 12.9. The van der Waals surface area contributed by atoms with E-state index in [1.54, 1.807) is 18.2 Å². The number of rotatable bonds is 4. The minimum absolute atomic E-state index is 0.134. The van der Waals surface area contributed by atoms with E-state index in [0.717, 1.165) is 43.5 Å². The Balaban J connectivity index is 1.37. The van der Waals surface area contributed by atoms with Crippen LogP contribution in [-0.2, 0) is 27.3 Å². The first-order valence-electron chi connectivity index (χ1n) is 9.79. The summed E-state index contributed by atoms with van der Waals surface area (Å²) in [6.07, 6.45) is 3.63. The number of fused-ring (bicyclic) bond motifs is 1. The fourth-order valence-corrected chi connectivity index (χ4v) is 3.51. The highest BCUT2D eigenvalue weighted by atomic mass is 19.1. The molecule has 0 saturated heterocycles. The Morgan fingerprint density at radius 3 is 2.52 bits per heavy atom. The van der Waals surface area contributed by atoms with Gasteiger partial charge in [0, 0.05) is 30.4 Å². The van der Waals surface area contributed by atoms with Crippen LogP contribution in [0.15, 0.2) is 42.5 Å². The first kappa shape index (κ1) is 19.1. The summed E-state index contributed by atoms with van der Waals surface area (Å²) in [5.41, 5.74) is 3.11. The lowest BCUT2D eigenvalue weighted by molar-refractivity contribution is -0.136. The molecule has 0 bridgehead atoms. The van der Waals surface area contributed by atoms with Crippen molar-refractivity contribution in [3.8, 4) is 0 Å². The van der Waals surface area contributed by atoms with Crippen molar-refractivity contribution in [2.75, 3.05) is 16.8 Å².